The molecule has 0 saturated heterocycles. The van der Waals surface area contributed by atoms with Crippen LogP contribution in [0.5, 0.6) is 0 Å². The summed E-state index contributed by atoms with van der Waals surface area (Å²) >= 11 is 0. The van der Waals surface area contributed by atoms with Crippen LogP contribution in [0.3, 0.4) is 0 Å². The maximum Gasteiger partial charge on any atom is 0.221 e. The lowest BCUT2D eigenvalue weighted by Gasteiger charge is -2.01. The number of primary amides is 1. The van der Waals surface area contributed by atoms with Gasteiger partial charge in [0.05, 0.1) is 11.9 Å². The van der Waals surface area contributed by atoms with Crippen molar-refractivity contribution in [3.63, 3.8) is 0 Å². The monoisotopic (exact) mass is 187 g/mol. The fraction of sp³-hybridized carbons (Fsp3) is 0.100. The molecule has 0 saturated carbocycles. The number of hydrogen-bond acceptors (Lipinski definition) is 3. The van der Waals surface area contributed by atoms with Gasteiger partial charge in [-0.3, -0.25) is 4.79 Å². The summed E-state index contributed by atoms with van der Waals surface area (Å²) in [6.45, 7) is 0. The van der Waals surface area contributed by atoms with Gasteiger partial charge in [-0.05, 0) is 5.56 Å². The first-order chi connectivity index (χ1) is 6.77. The molecule has 0 bridgehead atoms. The number of nitrogens with zero attached hydrogens (tertiary/aromatic N) is 2. The maximum absolute atomic E-state index is 10.8. The Balaban J connectivity index is 2.59. The number of rotatable bonds is 2. The highest BCUT2D eigenvalue weighted by molar-refractivity contribution is 5.86. The van der Waals surface area contributed by atoms with E-state index in [0.29, 0.717) is 0 Å². The zero-order chi connectivity index (χ0) is 9.97. The molecule has 1 aromatic heterocycles. The Bertz CT molecular complexity index is 476. The molecule has 0 radical (unpaired) electrons. The van der Waals surface area contributed by atoms with Crippen LogP contribution >= 0.6 is 0 Å². The summed E-state index contributed by atoms with van der Waals surface area (Å²) in [6, 6.07) is 5.61. The summed E-state index contributed by atoms with van der Waals surface area (Å²) in [5.74, 6) is -0.351. The van der Waals surface area contributed by atoms with Gasteiger partial charge >= 0.3 is 0 Å². The highest BCUT2D eigenvalue weighted by atomic mass is 16.1. The first-order valence-corrected chi connectivity index (χ1v) is 4.23. The zero-order valence-electron chi connectivity index (χ0n) is 7.47. The Labute approximate surface area is 80.8 Å². The molecule has 0 aliphatic heterocycles. The van der Waals surface area contributed by atoms with Gasteiger partial charge in [0.15, 0.2) is 0 Å². The minimum Gasteiger partial charge on any atom is -0.369 e. The number of amides is 1. The molecule has 70 valence electrons. The lowest BCUT2D eigenvalue weighted by Crippen LogP contribution is -2.14. The van der Waals surface area contributed by atoms with E-state index in [9.17, 15) is 4.79 Å². The van der Waals surface area contributed by atoms with Crippen molar-refractivity contribution >= 4 is 16.8 Å². The third-order valence-corrected chi connectivity index (χ3v) is 1.98. The maximum atomic E-state index is 10.8. The first kappa shape index (κ1) is 8.62. The number of nitrogens with two attached hydrogens (primary N) is 1. The van der Waals surface area contributed by atoms with Crippen molar-refractivity contribution in [1.29, 1.82) is 0 Å². The number of fused-ring (bicyclic) bond motifs is 1. The van der Waals surface area contributed by atoms with Crippen LogP contribution in [-0.2, 0) is 11.2 Å². The zero-order valence-corrected chi connectivity index (χ0v) is 7.47. The fourth-order valence-corrected chi connectivity index (χ4v) is 1.41. The van der Waals surface area contributed by atoms with E-state index >= 15 is 0 Å². The van der Waals surface area contributed by atoms with E-state index in [1.807, 2.05) is 18.2 Å². The van der Waals surface area contributed by atoms with Crippen LogP contribution in [0, 0.1) is 0 Å². The Hall–Kier alpha value is -1.97. The topological polar surface area (TPSA) is 68.9 Å². The molecule has 4 heteroatoms. The predicted octanol–water partition coefficient (Wildman–Crippen LogP) is 0.658. The molecule has 4 nitrogen and oxygen atoms in total. The van der Waals surface area contributed by atoms with Gasteiger partial charge in [0.1, 0.15) is 6.33 Å². The molecule has 0 aliphatic carbocycles. The van der Waals surface area contributed by atoms with E-state index in [4.69, 9.17) is 5.73 Å². The lowest BCUT2D eigenvalue weighted by molar-refractivity contribution is -0.117. The van der Waals surface area contributed by atoms with Gasteiger partial charge in [-0.25, -0.2) is 9.97 Å². The number of para-hydroxylation sites is 1. The molecule has 2 N–H and O–H groups in total. The number of carbonyl (C=O) groups is 1. The van der Waals surface area contributed by atoms with Crippen molar-refractivity contribution < 1.29 is 4.79 Å². The van der Waals surface area contributed by atoms with Crippen LogP contribution in [0.25, 0.3) is 10.9 Å². The SMILES string of the molecule is NC(=O)Cc1cccc2cncnc12. The molecule has 14 heavy (non-hydrogen) atoms. The number of benzene rings is 1. The summed E-state index contributed by atoms with van der Waals surface area (Å²) in [7, 11) is 0. The normalized spacial score (nSPS) is 10.3. The third-order valence-electron chi connectivity index (χ3n) is 1.98. The molecule has 0 aliphatic rings. The fourth-order valence-electron chi connectivity index (χ4n) is 1.41. The second-order valence-corrected chi connectivity index (χ2v) is 3.02. The lowest BCUT2D eigenvalue weighted by atomic mass is 10.1. The Morgan fingerprint density at radius 2 is 2.29 bits per heavy atom. The summed E-state index contributed by atoms with van der Waals surface area (Å²) < 4.78 is 0. The Kier molecular flexibility index (Phi) is 2.10. The van der Waals surface area contributed by atoms with E-state index in [2.05, 4.69) is 9.97 Å². The highest BCUT2D eigenvalue weighted by Gasteiger charge is 2.04. The van der Waals surface area contributed by atoms with Crippen LogP contribution in [0.2, 0.25) is 0 Å². The third kappa shape index (κ3) is 1.54. The predicted molar refractivity (Wildman–Crippen MR) is 52.4 cm³/mol. The van der Waals surface area contributed by atoms with E-state index in [1.165, 1.54) is 6.33 Å². The highest BCUT2D eigenvalue weighted by Crippen LogP contribution is 2.14. The van der Waals surface area contributed by atoms with E-state index < -0.39 is 0 Å². The Morgan fingerprint density at radius 1 is 1.43 bits per heavy atom. The van der Waals surface area contributed by atoms with Crippen molar-refractivity contribution in [2.45, 2.75) is 6.42 Å². The van der Waals surface area contributed by atoms with Gasteiger partial charge in [0, 0.05) is 11.6 Å². The van der Waals surface area contributed by atoms with Crippen molar-refractivity contribution in [3.05, 3.63) is 36.3 Å². The van der Waals surface area contributed by atoms with E-state index in [-0.39, 0.29) is 12.3 Å². The van der Waals surface area contributed by atoms with E-state index in [1.54, 1.807) is 6.20 Å². The summed E-state index contributed by atoms with van der Waals surface area (Å²) in [6.07, 6.45) is 3.40. The molecule has 0 atom stereocenters. The van der Waals surface area contributed by atoms with Gasteiger partial charge in [-0.1, -0.05) is 18.2 Å². The van der Waals surface area contributed by atoms with Gasteiger partial charge in [-0.15, -0.1) is 0 Å². The van der Waals surface area contributed by atoms with Gasteiger partial charge in [0.2, 0.25) is 5.91 Å². The summed E-state index contributed by atoms with van der Waals surface area (Å²) in [5, 5.41) is 0.922. The second kappa shape index (κ2) is 3.41. The Morgan fingerprint density at radius 3 is 3.07 bits per heavy atom. The molecule has 1 amide bonds. The smallest absolute Gasteiger partial charge is 0.221 e. The summed E-state index contributed by atoms with van der Waals surface area (Å²) in [5.41, 5.74) is 6.77. The van der Waals surface area contributed by atoms with Crippen LogP contribution in [-0.4, -0.2) is 15.9 Å². The second-order valence-electron chi connectivity index (χ2n) is 3.02. The molecular weight excluding hydrogens is 178 g/mol. The minimum absolute atomic E-state index is 0.217. The largest absolute Gasteiger partial charge is 0.369 e. The molecular formula is C10H9N3O. The first-order valence-electron chi connectivity index (χ1n) is 4.23. The van der Waals surface area contributed by atoms with Crippen molar-refractivity contribution in [2.75, 3.05) is 0 Å². The molecule has 0 fully saturated rings. The van der Waals surface area contributed by atoms with Crippen LogP contribution in [0.15, 0.2) is 30.7 Å². The van der Waals surface area contributed by atoms with Crippen LogP contribution in [0.4, 0.5) is 0 Å². The van der Waals surface area contributed by atoms with Crippen molar-refractivity contribution in [1.82, 2.24) is 9.97 Å². The molecule has 2 rings (SSSR count). The number of hydrogen-bond donors (Lipinski definition) is 1. The van der Waals surface area contributed by atoms with Crippen LogP contribution in [0.1, 0.15) is 5.56 Å². The van der Waals surface area contributed by atoms with Crippen molar-refractivity contribution in [3.8, 4) is 0 Å². The van der Waals surface area contributed by atoms with Crippen LogP contribution < -0.4 is 5.73 Å². The molecule has 0 spiro atoms. The van der Waals surface area contributed by atoms with Crippen molar-refractivity contribution in [2.24, 2.45) is 5.73 Å². The molecule has 1 aromatic carbocycles. The standard InChI is InChI=1S/C10H9N3O/c11-9(14)4-7-2-1-3-8-5-12-6-13-10(7)8/h1-3,5-6H,4H2,(H2,11,14). The van der Waals surface area contributed by atoms with Gasteiger partial charge < -0.3 is 5.73 Å². The van der Waals surface area contributed by atoms with Gasteiger partial charge in [0.25, 0.3) is 0 Å². The average molecular weight is 187 g/mol. The average Bonchev–Trinajstić information content (AvgIpc) is 2.18. The van der Waals surface area contributed by atoms with E-state index in [0.717, 1.165) is 16.5 Å². The molecule has 2 aromatic rings. The molecule has 1 heterocycles. The summed E-state index contributed by atoms with van der Waals surface area (Å²) in [4.78, 5) is 18.8. The number of carbonyl (C=O) groups excluding carboxylic acids is 1. The molecule has 0 unspecified atom stereocenters. The minimum atomic E-state index is -0.351. The number of aromatic nitrogens is 2. The van der Waals surface area contributed by atoms with Gasteiger partial charge in [-0.2, -0.15) is 0 Å². The quantitative estimate of drug-likeness (QED) is 0.750.